The predicted molar refractivity (Wildman–Crippen MR) is 75.9 cm³/mol. The quantitative estimate of drug-likeness (QED) is 0.815. The molecule has 0 radical (unpaired) electrons. The SMILES string of the molecule is CCC1CNC(CC)(CC)CN1C1CC(OC)C1. The Morgan fingerprint density at radius 2 is 1.89 bits per heavy atom. The zero-order valence-corrected chi connectivity index (χ0v) is 12.5. The molecule has 1 N–H and O–H groups in total. The summed E-state index contributed by atoms with van der Waals surface area (Å²) in [4.78, 5) is 2.78. The summed E-state index contributed by atoms with van der Waals surface area (Å²) in [5.74, 6) is 0. The molecule has 2 aliphatic rings. The molecule has 1 aliphatic carbocycles. The normalized spacial score (nSPS) is 36.3. The first-order chi connectivity index (χ1) is 8.68. The average Bonchev–Trinajstić information content (AvgIpc) is 2.37. The summed E-state index contributed by atoms with van der Waals surface area (Å²) in [5, 5.41) is 3.82. The van der Waals surface area contributed by atoms with Crippen LogP contribution in [0.15, 0.2) is 0 Å². The first-order valence-corrected chi connectivity index (χ1v) is 7.71. The zero-order valence-electron chi connectivity index (χ0n) is 12.5. The lowest BCUT2D eigenvalue weighted by atomic mass is 9.81. The Hall–Kier alpha value is -0.120. The first kappa shape index (κ1) is 14.3. The van der Waals surface area contributed by atoms with E-state index in [0.717, 1.165) is 18.6 Å². The summed E-state index contributed by atoms with van der Waals surface area (Å²) in [6.07, 6.45) is 6.70. The lowest BCUT2D eigenvalue weighted by Crippen LogP contribution is -2.67. The van der Waals surface area contributed by atoms with Crippen LogP contribution in [-0.2, 0) is 4.74 Å². The number of nitrogens with zero attached hydrogens (tertiary/aromatic N) is 1. The molecule has 3 nitrogen and oxygen atoms in total. The van der Waals surface area contributed by atoms with Gasteiger partial charge in [-0.05, 0) is 32.1 Å². The molecule has 1 saturated carbocycles. The van der Waals surface area contributed by atoms with Gasteiger partial charge in [-0.25, -0.2) is 0 Å². The maximum atomic E-state index is 5.44. The van der Waals surface area contributed by atoms with Crippen molar-refractivity contribution in [3.05, 3.63) is 0 Å². The second-order valence-corrected chi connectivity index (χ2v) is 6.09. The van der Waals surface area contributed by atoms with E-state index in [-0.39, 0.29) is 0 Å². The molecule has 2 rings (SSSR count). The minimum absolute atomic E-state index is 0.351. The smallest absolute Gasteiger partial charge is 0.0601 e. The minimum Gasteiger partial charge on any atom is -0.381 e. The molecule has 1 heterocycles. The number of rotatable bonds is 5. The second-order valence-electron chi connectivity index (χ2n) is 6.09. The van der Waals surface area contributed by atoms with Crippen molar-refractivity contribution in [2.75, 3.05) is 20.2 Å². The standard InChI is InChI=1S/C15H30N2O/c1-5-12-10-16-15(6-2,7-3)11-17(12)13-8-14(9-13)18-4/h12-14,16H,5-11H2,1-4H3. The summed E-state index contributed by atoms with van der Waals surface area (Å²) >= 11 is 0. The van der Waals surface area contributed by atoms with Gasteiger partial charge in [0.2, 0.25) is 0 Å². The molecule has 1 unspecified atom stereocenters. The number of methoxy groups -OCH3 is 1. The maximum Gasteiger partial charge on any atom is 0.0601 e. The summed E-state index contributed by atoms with van der Waals surface area (Å²) in [6, 6.07) is 1.48. The number of hydrogen-bond acceptors (Lipinski definition) is 3. The van der Waals surface area contributed by atoms with Crippen molar-refractivity contribution in [1.29, 1.82) is 0 Å². The van der Waals surface area contributed by atoms with Crippen molar-refractivity contribution in [2.24, 2.45) is 0 Å². The molecule has 0 aromatic heterocycles. The van der Waals surface area contributed by atoms with Crippen molar-refractivity contribution >= 4 is 0 Å². The Bertz CT molecular complexity index is 259. The zero-order chi connectivity index (χ0) is 13.2. The van der Waals surface area contributed by atoms with Crippen molar-refractivity contribution < 1.29 is 4.74 Å². The van der Waals surface area contributed by atoms with Gasteiger partial charge in [0, 0.05) is 37.8 Å². The van der Waals surface area contributed by atoms with Crippen LogP contribution in [0.1, 0.15) is 52.9 Å². The van der Waals surface area contributed by atoms with Gasteiger partial charge in [0.1, 0.15) is 0 Å². The molecule has 3 heteroatoms. The van der Waals surface area contributed by atoms with Crippen LogP contribution >= 0.6 is 0 Å². The highest BCUT2D eigenvalue weighted by atomic mass is 16.5. The van der Waals surface area contributed by atoms with Crippen LogP contribution in [0.3, 0.4) is 0 Å². The van der Waals surface area contributed by atoms with Gasteiger partial charge in [-0.3, -0.25) is 4.90 Å². The highest BCUT2D eigenvalue weighted by Gasteiger charge is 2.43. The largest absolute Gasteiger partial charge is 0.381 e. The first-order valence-electron chi connectivity index (χ1n) is 7.71. The molecule has 0 bridgehead atoms. The molecule has 2 fully saturated rings. The molecule has 1 atom stereocenters. The van der Waals surface area contributed by atoms with Gasteiger partial charge in [-0.15, -0.1) is 0 Å². The van der Waals surface area contributed by atoms with Gasteiger partial charge >= 0.3 is 0 Å². The number of piperazine rings is 1. The number of hydrogen-bond donors (Lipinski definition) is 1. The van der Waals surface area contributed by atoms with Crippen molar-refractivity contribution in [2.45, 2.75) is 76.6 Å². The van der Waals surface area contributed by atoms with Crippen LogP contribution in [0.5, 0.6) is 0 Å². The third-order valence-electron chi connectivity index (χ3n) is 5.36. The van der Waals surface area contributed by atoms with E-state index in [1.165, 1.54) is 38.6 Å². The van der Waals surface area contributed by atoms with E-state index in [0.29, 0.717) is 11.6 Å². The van der Waals surface area contributed by atoms with Crippen molar-refractivity contribution in [1.82, 2.24) is 10.2 Å². The molecule has 0 spiro atoms. The van der Waals surface area contributed by atoms with Crippen LogP contribution in [0.4, 0.5) is 0 Å². The average molecular weight is 254 g/mol. The van der Waals surface area contributed by atoms with Crippen molar-refractivity contribution in [3.63, 3.8) is 0 Å². The Morgan fingerprint density at radius 3 is 2.39 bits per heavy atom. The van der Waals surface area contributed by atoms with Gasteiger partial charge in [0.05, 0.1) is 6.10 Å². The minimum atomic E-state index is 0.351. The van der Waals surface area contributed by atoms with Gasteiger partial charge in [-0.1, -0.05) is 20.8 Å². The summed E-state index contributed by atoms with van der Waals surface area (Å²) in [6.45, 7) is 9.34. The fraction of sp³-hybridized carbons (Fsp3) is 1.00. The van der Waals surface area contributed by atoms with Crippen LogP contribution in [-0.4, -0.2) is 48.8 Å². The Morgan fingerprint density at radius 1 is 1.22 bits per heavy atom. The molecule has 106 valence electrons. The van der Waals surface area contributed by atoms with Crippen LogP contribution in [0, 0.1) is 0 Å². The van der Waals surface area contributed by atoms with E-state index in [1.54, 1.807) is 0 Å². The molecule has 0 aromatic carbocycles. The fourth-order valence-electron chi connectivity index (χ4n) is 3.52. The van der Waals surface area contributed by atoms with Gasteiger partial charge in [0.15, 0.2) is 0 Å². The third kappa shape index (κ3) is 2.59. The van der Waals surface area contributed by atoms with E-state index >= 15 is 0 Å². The van der Waals surface area contributed by atoms with E-state index in [2.05, 4.69) is 31.0 Å². The highest BCUT2D eigenvalue weighted by molar-refractivity contribution is 5.01. The van der Waals surface area contributed by atoms with Gasteiger partial charge < -0.3 is 10.1 Å². The molecule has 0 aromatic rings. The second kappa shape index (κ2) is 5.89. The van der Waals surface area contributed by atoms with E-state index in [9.17, 15) is 0 Å². The van der Waals surface area contributed by atoms with Crippen LogP contribution in [0.2, 0.25) is 0 Å². The number of nitrogens with one attached hydrogen (secondary N) is 1. The third-order valence-corrected chi connectivity index (χ3v) is 5.36. The molecule has 1 saturated heterocycles. The maximum absolute atomic E-state index is 5.44. The van der Waals surface area contributed by atoms with Crippen molar-refractivity contribution in [3.8, 4) is 0 Å². The highest BCUT2D eigenvalue weighted by Crippen LogP contribution is 2.34. The van der Waals surface area contributed by atoms with Crippen LogP contribution < -0.4 is 5.32 Å². The molecule has 18 heavy (non-hydrogen) atoms. The van der Waals surface area contributed by atoms with E-state index in [4.69, 9.17) is 4.74 Å². The Labute approximate surface area is 112 Å². The summed E-state index contributed by atoms with van der Waals surface area (Å²) in [7, 11) is 1.85. The Kier molecular flexibility index (Phi) is 4.68. The van der Waals surface area contributed by atoms with Gasteiger partial charge in [0.25, 0.3) is 0 Å². The Balaban J connectivity index is 2.00. The number of ether oxygens (including phenoxy) is 1. The summed E-state index contributed by atoms with van der Waals surface area (Å²) < 4.78 is 5.44. The lowest BCUT2D eigenvalue weighted by molar-refractivity contribution is -0.0645. The van der Waals surface area contributed by atoms with Crippen LogP contribution in [0.25, 0.3) is 0 Å². The van der Waals surface area contributed by atoms with E-state index < -0.39 is 0 Å². The molecular weight excluding hydrogens is 224 g/mol. The van der Waals surface area contributed by atoms with Gasteiger partial charge in [-0.2, -0.15) is 0 Å². The topological polar surface area (TPSA) is 24.5 Å². The monoisotopic (exact) mass is 254 g/mol. The lowest BCUT2D eigenvalue weighted by Gasteiger charge is -2.53. The predicted octanol–water partition coefficient (Wildman–Crippen LogP) is 2.41. The fourth-order valence-corrected chi connectivity index (χ4v) is 3.52. The molecule has 0 amide bonds. The summed E-state index contributed by atoms with van der Waals surface area (Å²) in [5.41, 5.74) is 0.351. The molecular formula is C15H30N2O. The van der Waals surface area contributed by atoms with E-state index in [1.807, 2.05) is 7.11 Å². The molecule has 1 aliphatic heterocycles.